The molecule has 2 aromatic heterocycles. The Kier molecular flexibility index (Phi) is 2.62. The van der Waals surface area contributed by atoms with Gasteiger partial charge in [-0.05, 0) is 33.4 Å². The van der Waals surface area contributed by atoms with Crippen molar-refractivity contribution in [2.24, 2.45) is 7.05 Å². The highest BCUT2D eigenvalue weighted by atomic mass is 79.9. The summed E-state index contributed by atoms with van der Waals surface area (Å²) < 4.78 is 2.30. The van der Waals surface area contributed by atoms with E-state index in [1.807, 2.05) is 11.4 Å². The first kappa shape index (κ1) is 10.4. The van der Waals surface area contributed by atoms with Gasteiger partial charge in [0.05, 0.1) is 4.88 Å². The molecule has 78 valence electrons. The van der Waals surface area contributed by atoms with Crippen LogP contribution in [0.15, 0.2) is 22.0 Å². The predicted molar refractivity (Wildman–Crippen MR) is 61.2 cm³/mol. The van der Waals surface area contributed by atoms with Crippen LogP contribution in [-0.4, -0.2) is 20.9 Å². The molecule has 0 spiro atoms. The number of carboxylic acid groups (broad SMARTS) is 1. The number of thiophene rings is 1. The van der Waals surface area contributed by atoms with Gasteiger partial charge in [0.2, 0.25) is 0 Å². The van der Waals surface area contributed by atoms with Crippen LogP contribution in [0.1, 0.15) is 10.5 Å². The van der Waals surface area contributed by atoms with Gasteiger partial charge in [0.25, 0.3) is 0 Å². The number of aromatic nitrogens is 2. The minimum atomic E-state index is -0.969. The molecular formula is C9H7BrN2O2S. The van der Waals surface area contributed by atoms with Crippen LogP contribution in [0.3, 0.4) is 0 Å². The zero-order valence-corrected chi connectivity index (χ0v) is 10.2. The number of halogens is 1. The average molecular weight is 287 g/mol. The van der Waals surface area contributed by atoms with Crippen molar-refractivity contribution in [2.45, 2.75) is 0 Å². The molecule has 0 saturated carbocycles. The fraction of sp³-hybridized carbons (Fsp3) is 0.111. The van der Waals surface area contributed by atoms with Crippen LogP contribution in [0.25, 0.3) is 10.6 Å². The molecule has 0 amide bonds. The molecule has 0 bridgehead atoms. The molecular weight excluding hydrogens is 280 g/mol. The number of hydrogen-bond donors (Lipinski definition) is 1. The van der Waals surface area contributed by atoms with E-state index in [9.17, 15) is 4.79 Å². The number of carboxylic acids is 1. The molecule has 15 heavy (non-hydrogen) atoms. The molecule has 6 heteroatoms. The number of nitrogens with zero attached hydrogens (tertiary/aromatic N) is 2. The number of aryl methyl sites for hydroxylation is 1. The Morgan fingerprint density at radius 3 is 2.87 bits per heavy atom. The first-order valence-electron chi connectivity index (χ1n) is 4.10. The van der Waals surface area contributed by atoms with Crippen molar-refractivity contribution in [3.63, 3.8) is 0 Å². The Morgan fingerprint density at radius 1 is 1.67 bits per heavy atom. The van der Waals surface area contributed by atoms with Gasteiger partial charge >= 0.3 is 5.97 Å². The molecule has 0 fully saturated rings. The van der Waals surface area contributed by atoms with Gasteiger partial charge < -0.3 is 5.11 Å². The monoisotopic (exact) mass is 286 g/mol. The summed E-state index contributed by atoms with van der Waals surface area (Å²) in [6.45, 7) is 0. The van der Waals surface area contributed by atoms with E-state index in [2.05, 4.69) is 21.0 Å². The van der Waals surface area contributed by atoms with Crippen LogP contribution in [0.4, 0.5) is 0 Å². The maximum absolute atomic E-state index is 10.8. The Balaban J connectivity index is 2.52. The first-order chi connectivity index (χ1) is 7.09. The molecule has 0 atom stereocenters. The molecule has 0 radical (unpaired) electrons. The summed E-state index contributed by atoms with van der Waals surface area (Å²) >= 11 is 4.91. The van der Waals surface area contributed by atoms with E-state index in [1.54, 1.807) is 13.1 Å². The smallest absolute Gasteiger partial charge is 0.354 e. The quantitative estimate of drug-likeness (QED) is 0.923. The Labute approximate surface area is 98.3 Å². The first-order valence-corrected chi connectivity index (χ1v) is 5.77. The van der Waals surface area contributed by atoms with Crippen LogP contribution in [-0.2, 0) is 7.05 Å². The maximum atomic E-state index is 10.8. The molecule has 0 saturated heterocycles. The van der Waals surface area contributed by atoms with E-state index in [4.69, 9.17) is 5.11 Å². The van der Waals surface area contributed by atoms with Crippen molar-refractivity contribution in [1.29, 1.82) is 0 Å². The fourth-order valence-corrected chi connectivity index (χ4v) is 2.79. The van der Waals surface area contributed by atoms with Gasteiger partial charge in [0.1, 0.15) is 11.4 Å². The van der Waals surface area contributed by atoms with Crippen LogP contribution in [0.5, 0.6) is 0 Å². The summed E-state index contributed by atoms with van der Waals surface area (Å²) in [7, 11) is 1.62. The highest BCUT2D eigenvalue weighted by Gasteiger charge is 2.15. The summed E-state index contributed by atoms with van der Waals surface area (Å²) in [5.74, 6) is -0.969. The maximum Gasteiger partial charge on any atom is 0.354 e. The molecule has 0 aliphatic heterocycles. The van der Waals surface area contributed by atoms with Crippen LogP contribution in [0, 0.1) is 0 Å². The number of rotatable bonds is 2. The van der Waals surface area contributed by atoms with Gasteiger partial charge in [0.15, 0.2) is 0 Å². The van der Waals surface area contributed by atoms with E-state index in [-0.39, 0.29) is 5.69 Å². The Morgan fingerprint density at radius 2 is 2.40 bits per heavy atom. The van der Waals surface area contributed by atoms with E-state index >= 15 is 0 Å². The molecule has 0 unspecified atom stereocenters. The van der Waals surface area contributed by atoms with Crippen molar-refractivity contribution in [3.05, 3.63) is 27.7 Å². The largest absolute Gasteiger partial charge is 0.477 e. The molecule has 1 N–H and O–H groups in total. The summed E-state index contributed by atoms with van der Waals surface area (Å²) in [6.07, 6.45) is 0. The molecule has 2 aromatic rings. The molecule has 0 aliphatic rings. The minimum Gasteiger partial charge on any atom is -0.477 e. The lowest BCUT2D eigenvalue weighted by atomic mass is 10.3. The topological polar surface area (TPSA) is 55.1 Å². The lowest BCUT2D eigenvalue weighted by molar-refractivity contribution is 0.0685. The van der Waals surface area contributed by atoms with Crippen molar-refractivity contribution in [2.75, 3.05) is 0 Å². The lowest BCUT2D eigenvalue weighted by Gasteiger charge is -1.92. The second kappa shape index (κ2) is 3.79. The van der Waals surface area contributed by atoms with Gasteiger partial charge in [-0.3, -0.25) is 4.68 Å². The summed E-state index contributed by atoms with van der Waals surface area (Å²) in [6, 6.07) is 3.48. The molecule has 0 aromatic carbocycles. The summed E-state index contributed by atoms with van der Waals surface area (Å²) in [5, 5.41) is 15.0. The fourth-order valence-electron chi connectivity index (χ4n) is 1.25. The molecule has 0 aliphatic carbocycles. The number of hydrogen-bond acceptors (Lipinski definition) is 3. The van der Waals surface area contributed by atoms with Crippen LogP contribution < -0.4 is 0 Å². The van der Waals surface area contributed by atoms with Gasteiger partial charge in [-0.15, -0.1) is 11.3 Å². The summed E-state index contributed by atoms with van der Waals surface area (Å²) in [5.41, 5.74) is 0.863. The Hall–Kier alpha value is -1.14. The number of carbonyl (C=O) groups is 1. The van der Waals surface area contributed by atoms with Crippen molar-refractivity contribution in [3.8, 4) is 10.6 Å². The Bertz CT molecular complexity index is 518. The lowest BCUT2D eigenvalue weighted by Crippen LogP contribution is -2.04. The van der Waals surface area contributed by atoms with Crippen LogP contribution in [0.2, 0.25) is 0 Å². The third kappa shape index (κ3) is 1.82. The second-order valence-electron chi connectivity index (χ2n) is 2.94. The van der Waals surface area contributed by atoms with Gasteiger partial charge in [0, 0.05) is 11.5 Å². The van der Waals surface area contributed by atoms with Crippen molar-refractivity contribution in [1.82, 2.24) is 9.78 Å². The van der Waals surface area contributed by atoms with Crippen molar-refractivity contribution >= 4 is 33.2 Å². The standard InChI is InChI=1S/C9H7BrN2O2S/c1-12-7(9(13)14)4-6(11-12)8-5(10)2-3-15-8/h2-4H,1H3,(H,13,14). The highest BCUT2D eigenvalue weighted by Crippen LogP contribution is 2.32. The average Bonchev–Trinajstić information content (AvgIpc) is 2.71. The second-order valence-corrected chi connectivity index (χ2v) is 4.71. The normalized spacial score (nSPS) is 10.5. The van der Waals surface area contributed by atoms with E-state index in [0.717, 1.165) is 9.35 Å². The van der Waals surface area contributed by atoms with E-state index < -0.39 is 5.97 Å². The summed E-state index contributed by atoms with van der Waals surface area (Å²) in [4.78, 5) is 11.8. The molecule has 4 nitrogen and oxygen atoms in total. The zero-order valence-electron chi connectivity index (χ0n) is 7.77. The van der Waals surface area contributed by atoms with Gasteiger partial charge in [-0.25, -0.2) is 4.79 Å². The van der Waals surface area contributed by atoms with E-state index in [0.29, 0.717) is 5.69 Å². The highest BCUT2D eigenvalue weighted by molar-refractivity contribution is 9.10. The van der Waals surface area contributed by atoms with Crippen LogP contribution >= 0.6 is 27.3 Å². The minimum absolute atomic E-state index is 0.185. The van der Waals surface area contributed by atoms with Gasteiger partial charge in [-0.1, -0.05) is 0 Å². The molecule has 2 heterocycles. The third-order valence-electron chi connectivity index (χ3n) is 1.95. The SMILES string of the molecule is Cn1nc(-c2sccc2Br)cc1C(=O)O. The number of aromatic carboxylic acids is 1. The van der Waals surface area contributed by atoms with Gasteiger partial charge in [-0.2, -0.15) is 5.10 Å². The third-order valence-corrected chi connectivity index (χ3v) is 3.81. The predicted octanol–water partition coefficient (Wildman–Crippen LogP) is 2.61. The van der Waals surface area contributed by atoms with E-state index in [1.165, 1.54) is 16.0 Å². The zero-order chi connectivity index (χ0) is 11.0. The molecule has 2 rings (SSSR count). The van der Waals surface area contributed by atoms with Crippen molar-refractivity contribution < 1.29 is 9.90 Å².